The second-order valence-corrected chi connectivity index (χ2v) is 5.52. The predicted molar refractivity (Wildman–Crippen MR) is 72.6 cm³/mol. The maximum absolute atomic E-state index is 5.69. The minimum Gasteiger partial charge on any atom is -0.424 e. The molecule has 1 aliphatic carbocycles. The molecule has 0 saturated heterocycles. The zero-order chi connectivity index (χ0) is 11.7. The monoisotopic (exact) mass is 248 g/mol. The van der Waals surface area contributed by atoms with Gasteiger partial charge >= 0.3 is 0 Å². The SMILES string of the molecule is CSC1CCCC1Nc1nc2ccccc2o1. The van der Waals surface area contributed by atoms with Gasteiger partial charge in [0.05, 0.1) is 0 Å². The summed E-state index contributed by atoms with van der Waals surface area (Å²) in [6, 6.07) is 9.04. The number of rotatable bonds is 3. The van der Waals surface area contributed by atoms with Gasteiger partial charge in [-0.05, 0) is 31.2 Å². The van der Waals surface area contributed by atoms with Crippen LogP contribution in [0.1, 0.15) is 19.3 Å². The van der Waals surface area contributed by atoms with Crippen LogP contribution in [0.3, 0.4) is 0 Å². The molecule has 0 bridgehead atoms. The number of fused-ring (bicyclic) bond motifs is 1. The van der Waals surface area contributed by atoms with Crippen LogP contribution in [0.5, 0.6) is 0 Å². The Balaban J connectivity index is 1.80. The quantitative estimate of drug-likeness (QED) is 0.902. The van der Waals surface area contributed by atoms with Gasteiger partial charge in [0, 0.05) is 11.3 Å². The number of aromatic nitrogens is 1. The number of nitrogens with one attached hydrogen (secondary N) is 1. The summed E-state index contributed by atoms with van der Waals surface area (Å²) in [5, 5.41) is 4.12. The molecule has 0 radical (unpaired) electrons. The van der Waals surface area contributed by atoms with E-state index in [1.165, 1.54) is 19.3 Å². The van der Waals surface area contributed by atoms with Crippen LogP contribution in [-0.2, 0) is 0 Å². The van der Waals surface area contributed by atoms with Crippen LogP contribution in [0.15, 0.2) is 28.7 Å². The highest BCUT2D eigenvalue weighted by Crippen LogP contribution is 2.31. The van der Waals surface area contributed by atoms with E-state index >= 15 is 0 Å². The largest absolute Gasteiger partial charge is 0.424 e. The fourth-order valence-corrected chi connectivity index (χ4v) is 3.40. The minimum atomic E-state index is 0.498. The maximum atomic E-state index is 5.69. The summed E-state index contributed by atoms with van der Waals surface area (Å²) in [6.07, 6.45) is 5.98. The van der Waals surface area contributed by atoms with Crippen molar-refractivity contribution in [1.82, 2.24) is 4.98 Å². The Morgan fingerprint density at radius 3 is 3.06 bits per heavy atom. The zero-order valence-electron chi connectivity index (χ0n) is 9.85. The van der Waals surface area contributed by atoms with E-state index in [-0.39, 0.29) is 0 Å². The van der Waals surface area contributed by atoms with E-state index in [1.54, 1.807) is 0 Å². The number of hydrogen-bond acceptors (Lipinski definition) is 4. The fourth-order valence-electron chi connectivity index (χ4n) is 2.47. The lowest BCUT2D eigenvalue weighted by molar-refractivity contribution is 0.596. The van der Waals surface area contributed by atoms with Gasteiger partial charge in [0.25, 0.3) is 6.01 Å². The van der Waals surface area contributed by atoms with Crippen molar-refractivity contribution >= 4 is 28.9 Å². The highest BCUT2D eigenvalue weighted by Gasteiger charge is 2.27. The number of thioether (sulfide) groups is 1. The van der Waals surface area contributed by atoms with Crippen molar-refractivity contribution in [2.24, 2.45) is 0 Å². The molecule has 17 heavy (non-hydrogen) atoms. The zero-order valence-corrected chi connectivity index (χ0v) is 10.7. The average Bonchev–Trinajstić information content (AvgIpc) is 2.94. The molecule has 1 aromatic heterocycles. The molecule has 90 valence electrons. The van der Waals surface area contributed by atoms with Crippen molar-refractivity contribution < 1.29 is 4.42 Å². The molecule has 0 aliphatic heterocycles. The third-order valence-electron chi connectivity index (χ3n) is 3.36. The molecular formula is C13H16N2OS. The van der Waals surface area contributed by atoms with Crippen molar-refractivity contribution in [3.05, 3.63) is 24.3 Å². The summed E-state index contributed by atoms with van der Waals surface area (Å²) >= 11 is 1.93. The highest BCUT2D eigenvalue weighted by molar-refractivity contribution is 7.99. The van der Waals surface area contributed by atoms with Crippen molar-refractivity contribution in [3.63, 3.8) is 0 Å². The number of benzene rings is 1. The van der Waals surface area contributed by atoms with Gasteiger partial charge in [-0.3, -0.25) is 0 Å². The Kier molecular flexibility index (Phi) is 2.97. The van der Waals surface area contributed by atoms with Crippen LogP contribution >= 0.6 is 11.8 Å². The Labute approximate surface area is 105 Å². The topological polar surface area (TPSA) is 38.1 Å². The second-order valence-electron chi connectivity index (χ2n) is 4.44. The van der Waals surface area contributed by atoms with Crippen LogP contribution in [0.4, 0.5) is 6.01 Å². The summed E-state index contributed by atoms with van der Waals surface area (Å²) in [4.78, 5) is 4.46. The standard InChI is InChI=1S/C13H16N2OS/c1-17-12-8-4-6-10(12)15-13-14-9-5-2-3-7-11(9)16-13/h2-3,5,7,10,12H,4,6,8H2,1H3,(H,14,15). The van der Waals surface area contributed by atoms with Crippen LogP contribution in [0, 0.1) is 0 Å². The van der Waals surface area contributed by atoms with Gasteiger partial charge in [-0.1, -0.05) is 18.6 Å². The summed E-state index contributed by atoms with van der Waals surface area (Å²) in [6.45, 7) is 0. The number of para-hydroxylation sites is 2. The lowest BCUT2D eigenvalue weighted by atomic mass is 10.2. The first kappa shape index (κ1) is 11.0. The smallest absolute Gasteiger partial charge is 0.295 e. The third-order valence-corrected chi connectivity index (χ3v) is 4.53. The number of oxazole rings is 1. The Morgan fingerprint density at radius 1 is 1.35 bits per heavy atom. The molecule has 1 saturated carbocycles. The molecule has 1 aromatic carbocycles. The maximum Gasteiger partial charge on any atom is 0.295 e. The van der Waals surface area contributed by atoms with Crippen LogP contribution in [-0.4, -0.2) is 22.5 Å². The summed E-state index contributed by atoms with van der Waals surface area (Å²) in [7, 11) is 0. The van der Waals surface area contributed by atoms with Gasteiger partial charge in [0.15, 0.2) is 5.58 Å². The summed E-state index contributed by atoms with van der Waals surface area (Å²) < 4.78 is 5.69. The molecular weight excluding hydrogens is 232 g/mol. The van der Waals surface area contributed by atoms with E-state index in [0.29, 0.717) is 17.3 Å². The first-order valence-electron chi connectivity index (χ1n) is 6.02. The summed E-state index contributed by atoms with van der Waals surface area (Å²) in [5.41, 5.74) is 1.78. The minimum absolute atomic E-state index is 0.498. The van der Waals surface area contributed by atoms with Gasteiger partial charge in [0.1, 0.15) is 5.52 Å². The lowest BCUT2D eigenvalue weighted by Crippen LogP contribution is -2.25. The average molecular weight is 248 g/mol. The molecule has 3 nitrogen and oxygen atoms in total. The molecule has 4 heteroatoms. The molecule has 1 fully saturated rings. The number of hydrogen-bond donors (Lipinski definition) is 1. The Morgan fingerprint density at radius 2 is 2.24 bits per heavy atom. The molecule has 2 aromatic rings. The number of nitrogens with zero attached hydrogens (tertiary/aromatic N) is 1. The Bertz CT molecular complexity index is 478. The summed E-state index contributed by atoms with van der Waals surface area (Å²) in [5.74, 6) is 0. The molecule has 1 N–H and O–H groups in total. The number of anilines is 1. The van der Waals surface area contributed by atoms with Crippen molar-refractivity contribution in [2.45, 2.75) is 30.6 Å². The predicted octanol–water partition coefficient (Wildman–Crippen LogP) is 3.52. The third kappa shape index (κ3) is 2.14. The van der Waals surface area contributed by atoms with E-state index in [9.17, 15) is 0 Å². The molecule has 2 unspecified atom stereocenters. The van der Waals surface area contributed by atoms with E-state index in [2.05, 4.69) is 16.6 Å². The van der Waals surface area contributed by atoms with Gasteiger partial charge < -0.3 is 9.73 Å². The molecule has 1 aliphatic rings. The molecule has 3 rings (SSSR count). The van der Waals surface area contributed by atoms with Gasteiger partial charge in [-0.15, -0.1) is 0 Å². The normalized spacial score (nSPS) is 24.3. The van der Waals surface area contributed by atoms with Crippen LogP contribution in [0.25, 0.3) is 11.1 Å². The fraction of sp³-hybridized carbons (Fsp3) is 0.462. The van der Waals surface area contributed by atoms with Crippen molar-refractivity contribution in [1.29, 1.82) is 0 Å². The van der Waals surface area contributed by atoms with Crippen LogP contribution < -0.4 is 5.32 Å². The first-order chi connectivity index (χ1) is 8.36. The van der Waals surface area contributed by atoms with Gasteiger partial charge in [-0.25, -0.2) is 0 Å². The lowest BCUT2D eigenvalue weighted by Gasteiger charge is -2.17. The van der Waals surface area contributed by atoms with E-state index in [0.717, 1.165) is 11.1 Å². The molecule has 0 amide bonds. The van der Waals surface area contributed by atoms with Crippen molar-refractivity contribution in [2.75, 3.05) is 11.6 Å². The highest BCUT2D eigenvalue weighted by atomic mass is 32.2. The van der Waals surface area contributed by atoms with Crippen molar-refractivity contribution in [3.8, 4) is 0 Å². The van der Waals surface area contributed by atoms with E-state index in [4.69, 9.17) is 4.42 Å². The van der Waals surface area contributed by atoms with Gasteiger partial charge in [0.2, 0.25) is 0 Å². The second kappa shape index (κ2) is 4.61. The van der Waals surface area contributed by atoms with E-state index in [1.807, 2.05) is 36.0 Å². The Hall–Kier alpha value is -1.16. The van der Waals surface area contributed by atoms with E-state index < -0.39 is 0 Å². The molecule has 2 atom stereocenters. The van der Waals surface area contributed by atoms with Crippen LogP contribution in [0.2, 0.25) is 0 Å². The van der Waals surface area contributed by atoms with Gasteiger partial charge in [-0.2, -0.15) is 16.7 Å². The first-order valence-corrected chi connectivity index (χ1v) is 7.30. The molecule has 0 spiro atoms. The molecule has 1 heterocycles.